The second-order valence-corrected chi connectivity index (χ2v) is 5.79. The van der Waals surface area contributed by atoms with E-state index < -0.39 is 0 Å². The first-order chi connectivity index (χ1) is 8.92. The van der Waals surface area contributed by atoms with Crippen LogP contribution in [0, 0.1) is 0 Å². The molecule has 4 rings (SSSR count). The quantitative estimate of drug-likeness (QED) is 0.858. The van der Waals surface area contributed by atoms with E-state index in [0.717, 1.165) is 24.7 Å². The summed E-state index contributed by atoms with van der Waals surface area (Å²) in [5.74, 6) is 1.12. The van der Waals surface area contributed by atoms with Gasteiger partial charge in [0, 0.05) is 29.9 Å². The van der Waals surface area contributed by atoms with Gasteiger partial charge in [0.05, 0.1) is 0 Å². The Bertz CT molecular complexity index is 459. The van der Waals surface area contributed by atoms with Gasteiger partial charge in [-0.3, -0.25) is 4.90 Å². The topological polar surface area (TPSA) is 41.1 Å². The lowest BCUT2D eigenvalue weighted by atomic mass is 10.1. The molecule has 0 saturated carbocycles. The zero-order valence-corrected chi connectivity index (χ0v) is 10.7. The van der Waals surface area contributed by atoms with E-state index in [4.69, 9.17) is 0 Å². The monoisotopic (exact) mass is 244 g/mol. The lowest BCUT2D eigenvalue weighted by Gasteiger charge is -2.22. The van der Waals surface area contributed by atoms with Gasteiger partial charge in [-0.2, -0.15) is 0 Å². The highest BCUT2D eigenvalue weighted by Gasteiger charge is 2.37. The number of nitrogens with zero attached hydrogens (tertiary/aromatic N) is 3. The summed E-state index contributed by atoms with van der Waals surface area (Å²) in [5, 5.41) is 3.72. The third-order valence-corrected chi connectivity index (χ3v) is 4.80. The number of hydrogen-bond donors (Lipinski definition) is 1. The van der Waals surface area contributed by atoms with E-state index >= 15 is 0 Å². The molecule has 2 unspecified atom stereocenters. The Balaban J connectivity index is 1.57. The summed E-state index contributed by atoms with van der Waals surface area (Å²) in [6, 6.07) is 1.35. The molecule has 2 aliphatic heterocycles. The molecule has 0 radical (unpaired) electrons. The molecule has 4 heteroatoms. The third kappa shape index (κ3) is 1.62. The zero-order valence-electron chi connectivity index (χ0n) is 10.7. The van der Waals surface area contributed by atoms with E-state index in [1.54, 1.807) is 6.33 Å². The molecule has 96 valence electrons. The first-order valence-corrected chi connectivity index (χ1v) is 7.25. The number of anilines is 1. The van der Waals surface area contributed by atoms with Crippen molar-refractivity contribution in [2.45, 2.75) is 50.6 Å². The molecule has 18 heavy (non-hydrogen) atoms. The molecule has 4 nitrogen and oxygen atoms in total. The first-order valence-electron chi connectivity index (χ1n) is 7.25. The smallest absolute Gasteiger partial charge is 0.133 e. The molecule has 0 bridgehead atoms. The van der Waals surface area contributed by atoms with E-state index in [1.807, 2.05) is 0 Å². The normalized spacial score (nSPS) is 30.4. The fourth-order valence-electron chi connectivity index (χ4n) is 3.91. The predicted octanol–water partition coefficient (Wildman–Crippen LogP) is 1.61. The molecule has 0 spiro atoms. The van der Waals surface area contributed by atoms with Gasteiger partial charge in [0.2, 0.25) is 0 Å². The molecule has 2 atom stereocenters. The van der Waals surface area contributed by atoms with Gasteiger partial charge in [0.25, 0.3) is 0 Å². The van der Waals surface area contributed by atoms with Crippen molar-refractivity contribution in [3.8, 4) is 0 Å². The summed E-state index contributed by atoms with van der Waals surface area (Å²) in [6.07, 6.45) is 9.24. The van der Waals surface area contributed by atoms with E-state index in [1.165, 1.54) is 50.0 Å². The SMILES string of the molecule is c1nc2c(c(NC3CCN4CCCC34)n1)CCC2. The zero-order chi connectivity index (χ0) is 11.9. The molecule has 3 heterocycles. The first kappa shape index (κ1) is 10.7. The van der Waals surface area contributed by atoms with Gasteiger partial charge in [-0.25, -0.2) is 9.97 Å². The predicted molar refractivity (Wildman–Crippen MR) is 70.7 cm³/mol. The molecular weight excluding hydrogens is 224 g/mol. The summed E-state index contributed by atoms with van der Waals surface area (Å²) in [5.41, 5.74) is 2.66. The van der Waals surface area contributed by atoms with E-state index in [2.05, 4.69) is 20.2 Å². The maximum Gasteiger partial charge on any atom is 0.133 e. The third-order valence-electron chi connectivity index (χ3n) is 4.80. The van der Waals surface area contributed by atoms with Gasteiger partial charge < -0.3 is 5.32 Å². The van der Waals surface area contributed by atoms with Crippen molar-refractivity contribution in [2.75, 3.05) is 18.4 Å². The Hall–Kier alpha value is -1.16. The van der Waals surface area contributed by atoms with Crippen LogP contribution in [0.25, 0.3) is 0 Å². The second kappa shape index (κ2) is 4.19. The standard InChI is InChI=1S/C14H20N4/c1-3-10-11(4-1)15-9-16-14(10)17-12-6-8-18-7-2-5-13(12)18/h9,12-13H,1-8H2,(H,15,16,17). The molecule has 1 aromatic rings. The summed E-state index contributed by atoms with van der Waals surface area (Å²) in [7, 11) is 0. The van der Waals surface area contributed by atoms with Crippen molar-refractivity contribution in [3.63, 3.8) is 0 Å². The maximum absolute atomic E-state index is 4.49. The van der Waals surface area contributed by atoms with Gasteiger partial charge in [-0.05, 0) is 45.1 Å². The van der Waals surface area contributed by atoms with Crippen LogP contribution in [0.4, 0.5) is 5.82 Å². The molecule has 1 aromatic heterocycles. The Morgan fingerprint density at radius 3 is 3.11 bits per heavy atom. The molecule has 2 saturated heterocycles. The van der Waals surface area contributed by atoms with Crippen molar-refractivity contribution in [2.24, 2.45) is 0 Å². The van der Waals surface area contributed by atoms with Crippen LogP contribution in [0.1, 0.15) is 36.9 Å². The number of nitrogens with one attached hydrogen (secondary N) is 1. The van der Waals surface area contributed by atoms with E-state index in [-0.39, 0.29) is 0 Å². The molecule has 0 amide bonds. The minimum absolute atomic E-state index is 0.604. The van der Waals surface area contributed by atoms with E-state index in [0.29, 0.717) is 6.04 Å². The van der Waals surface area contributed by atoms with Crippen LogP contribution in [-0.2, 0) is 12.8 Å². The summed E-state index contributed by atoms with van der Waals surface area (Å²) in [6.45, 7) is 2.56. The highest BCUT2D eigenvalue weighted by atomic mass is 15.2. The second-order valence-electron chi connectivity index (χ2n) is 5.79. The van der Waals surface area contributed by atoms with Crippen LogP contribution >= 0.6 is 0 Å². The van der Waals surface area contributed by atoms with Crippen LogP contribution in [-0.4, -0.2) is 40.0 Å². The van der Waals surface area contributed by atoms with Crippen LogP contribution in [0.5, 0.6) is 0 Å². The van der Waals surface area contributed by atoms with Crippen LogP contribution in [0.15, 0.2) is 6.33 Å². The number of hydrogen-bond acceptors (Lipinski definition) is 4. The average molecular weight is 244 g/mol. The van der Waals surface area contributed by atoms with Crippen LogP contribution in [0.2, 0.25) is 0 Å². The number of aromatic nitrogens is 2. The summed E-state index contributed by atoms with van der Waals surface area (Å²) >= 11 is 0. The van der Waals surface area contributed by atoms with Crippen molar-refractivity contribution in [3.05, 3.63) is 17.6 Å². The largest absolute Gasteiger partial charge is 0.365 e. The van der Waals surface area contributed by atoms with Crippen molar-refractivity contribution in [1.29, 1.82) is 0 Å². The van der Waals surface area contributed by atoms with Crippen molar-refractivity contribution >= 4 is 5.82 Å². The van der Waals surface area contributed by atoms with Gasteiger partial charge >= 0.3 is 0 Å². The van der Waals surface area contributed by atoms with Gasteiger partial charge in [0.1, 0.15) is 12.1 Å². The number of rotatable bonds is 2. The summed E-state index contributed by atoms with van der Waals surface area (Å²) in [4.78, 5) is 11.5. The molecule has 0 aromatic carbocycles. The van der Waals surface area contributed by atoms with Gasteiger partial charge in [-0.1, -0.05) is 0 Å². The lowest BCUT2D eigenvalue weighted by Crippen LogP contribution is -2.34. The molecule has 3 aliphatic rings. The Labute approximate surface area is 108 Å². The number of fused-ring (bicyclic) bond motifs is 2. The Morgan fingerprint density at radius 1 is 1.11 bits per heavy atom. The van der Waals surface area contributed by atoms with Crippen LogP contribution in [0.3, 0.4) is 0 Å². The van der Waals surface area contributed by atoms with E-state index in [9.17, 15) is 0 Å². The van der Waals surface area contributed by atoms with Crippen LogP contribution < -0.4 is 5.32 Å². The minimum Gasteiger partial charge on any atom is -0.365 e. The van der Waals surface area contributed by atoms with Gasteiger partial charge in [-0.15, -0.1) is 0 Å². The molecular formula is C14H20N4. The van der Waals surface area contributed by atoms with Crippen molar-refractivity contribution < 1.29 is 0 Å². The highest BCUT2D eigenvalue weighted by Crippen LogP contribution is 2.32. The highest BCUT2D eigenvalue weighted by molar-refractivity contribution is 5.49. The Kier molecular flexibility index (Phi) is 2.50. The van der Waals surface area contributed by atoms with Crippen molar-refractivity contribution in [1.82, 2.24) is 14.9 Å². The minimum atomic E-state index is 0.604. The Morgan fingerprint density at radius 2 is 2.11 bits per heavy atom. The average Bonchev–Trinajstić information content (AvgIpc) is 3.06. The fourth-order valence-corrected chi connectivity index (χ4v) is 3.91. The molecule has 1 aliphatic carbocycles. The maximum atomic E-state index is 4.49. The lowest BCUT2D eigenvalue weighted by molar-refractivity contribution is 0.318. The number of aryl methyl sites for hydroxylation is 1. The molecule has 2 fully saturated rings. The molecule has 1 N–H and O–H groups in total. The van der Waals surface area contributed by atoms with Gasteiger partial charge in [0.15, 0.2) is 0 Å². The fraction of sp³-hybridized carbons (Fsp3) is 0.714. The summed E-state index contributed by atoms with van der Waals surface area (Å²) < 4.78 is 0.